The Morgan fingerprint density at radius 3 is 2.79 bits per heavy atom. The SMILES string of the molecule is COc1cc2c(cc1NC=O)CNC2. The summed E-state index contributed by atoms with van der Waals surface area (Å²) in [5.41, 5.74) is 3.18. The zero-order valence-electron chi connectivity index (χ0n) is 7.96. The first-order valence-electron chi connectivity index (χ1n) is 4.46. The molecule has 1 amide bonds. The summed E-state index contributed by atoms with van der Waals surface area (Å²) in [5.74, 6) is 0.708. The number of carbonyl (C=O) groups excluding carboxylic acids is 1. The number of hydrogen-bond donors (Lipinski definition) is 2. The van der Waals surface area contributed by atoms with E-state index in [2.05, 4.69) is 10.6 Å². The number of nitrogens with one attached hydrogen (secondary N) is 2. The van der Waals surface area contributed by atoms with Crippen LogP contribution in [-0.4, -0.2) is 13.5 Å². The van der Waals surface area contributed by atoms with Crippen LogP contribution in [0.1, 0.15) is 11.1 Å². The van der Waals surface area contributed by atoms with E-state index in [0.717, 1.165) is 18.8 Å². The van der Waals surface area contributed by atoms with Crippen molar-refractivity contribution in [2.45, 2.75) is 13.1 Å². The van der Waals surface area contributed by atoms with Crippen LogP contribution < -0.4 is 15.4 Å². The van der Waals surface area contributed by atoms with Crippen molar-refractivity contribution < 1.29 is 9.53 Å². The van der Waals surface area contributed by atoms with Crippen molar-refractivity contribution in [1.29, 1.82) is 0 Å². The molecule has 1 heterocycles. The molecule has 1 aromatic carbocycles. The Morgan fingerprint density at radius 2 is 2.14 bits per heavy atom. The van der Waals surface area contributed by atoms with E-state index in [9.17, 15) is 4.79 Å². The van der Waals surface area contributed by atoms with Crippen LogP contribution in [0.15, 0.2) is 12.1 Å². The molecule has 0 aliphatic carbocycles. The normalized spacial score (nSPS) is 13.5. The summed E-state index contributed by atoms with van der Waals surface area (Å²) in [7, 11) is 1.60. The maximum absolute atomic E-state index is 10.4. The second-order valence-electron chi connectivity index (χ2n) is 3.19. The molecule has 74 valence electrons. The molecule has 0 saturated heterocycles. The molecule has 0 fully saturated rings. The van der Waals surface area contributed by atoms with Gasteiger partial charge >= 0.3 is 0 Å². The van der Waals surface area contributed by atoms with Crippen molar-refractivity contribution >= 4 is 12.1 Å². The summed E-state index contributed by atoms with van der Waals surface area (Å²) in [4.78, 5) is 10.4. The van der Waals surface area contributed by atoms with Crippen molar-refractivity contribution in [1.82, 2.24) is 5.32 Å². The maximum atomic E-state index is 10.4. The third kappa shape index (κ3) is 1.44. The summed E-state index contributed by atoms with van der Waals surface area (Å²) in [6.45, 7) is 1.72. The standard InChI is InChI=1S/C10H12N2O2/c1-14-10-3-8-5-11-4-7(8)2-9(10)12-6-13/h2-3,6,11H,4-5H2,1H3,(H,12,13). The van der Waals surface area contributed by atoms with Crippen LogP contribution in [0.2, 0.25) is 0 Å². The van der Waals surface area contributed by atoms with E-state index >= 15 is 0 Å². The Hall–Kier alpha value is -1.55. The van der Waals surface area contributed by atoms with Gasteiger partial charge < -0.3 is 15.4 Å². The smallest absolute Gasteiger partial charge is 0.211 e. The van der Waals surface area contributed by atoms with Gasteiger partial charge in [-0.2, -0.15) is 0 Å². The fourth-order valence-electron chi connectivity index (χ4n) is 1.67. The van der Waals surface area contributed by atoms with Gasteiger partial charge in [-0.3, -0.25) is 4.79 Å². The van der Waals surface area contributed by atoms with Gasteiger partial charge in [-0.25, -0.2) is 0 Å². The summed E-state index contributed by atoms with van der Waals surface area (Å²) < 4.78 is 5.17. The molecule has 2 N–H and O–H groups in total. The molecule has 2 rings (SSSR count). The number of amides is 1. The lowest BCUT2D eigenvalue weighted by Crippen LogP contribution is -2.00. The highest BCUT2D eigenvalue weighted by atomic mass is 16.5. The largest absolute Gasteiger partial charge is 0.495 e. The highest BCUT2D eigenvalue weighted by Crippen LogP contribution is 2.30. The van der Waals surface area contributed by atoms with Gasteiger partial charge in [-0.1, -0.05) is 0 Å². The van der Waals surface area contributed by atoms with E-state index in [1.807, 2.05) is 12.1 Å². The molecule has 0 spiro atoms. The molecule has 0 saturated carbocycles. The molecule has 1 aliphatic rings. The topological polar surface area (TPSA) is 50.4 Å². The first-order chi connectivity index (χ1) is 6.85. The Kier molecular flexibility index (Phi) is 2.37. The van der Waals surface area contributed by atoms with Gasteiger partial charge in [-0.15, -0.1) is 0 Å². The number of ether oxygens (including phenoxy) is 1. The molecular formula is C10H12N2O2. The van der Waals surface area contributed by atoms with E-state index in [-0.39, 0.29) is 0 Å². The van der Waals surface area contributed by atoms with Gasteiger partial charge in [0.15, 0.2) is 0 Å². The molecule has 0 bridgehead atoms. The number of carbonyl (C=O) groups is 1. The number of methoxy groups -OCH3 is 1. The highest BCUT2D eigenvalue weighted by molar-refractivity contribution is 5.76. The summed E-state index contributed by atoms with van der Waals surface area (Å²) in [6.07, 6.45) is 0.659. The fourth-order valence-corrected chi connectivity index (χ4v) is 1.67. The van der Waals surface area contributed by atoms with Gasteiger partial charge in [0.05, 0.1) is 12.8 Å². The first-order valence-corrected chi connectivity index (χ1v) is 4.46. The lowest BCUT2D eigenvalue weighted by molar-refractivity contribution is -0.105. The Morgan fingerprint density at radius 1 is 1.43 bits per heavy atom. The monoisotopic (exact) mass is 192 g/mol. The zero-order chi connectivity index (χ0) is 9.97. The van der Waals surface area contributed by atoms with E-state index in [4.69, 9.17) is 4.74 Å². The van der Waals surface area contributed by atoms with Crippen molar-refractivity contribution in [2.75, 3.05) is 12.4 Å². The third-order valence-corrected chi connectivity index (χ3v) is 2.37. The van der Waals surface area contributed by atoms with E-state index in [1.165, 1.54) is 11.1 Å². The van der Waals surface area contributed by atoms with Gasteiger partial charge in [0, 0.05) is 13.1 Å². The van der Waals surface area contributed by atoms with Crippen LogP contribution in [0.25, 0.3) is 0 Å². The molecule has 14 heavy (non-hydrogen) atoms. The van der Waals surface area contributed by atoms with Crippen LogP contribution in [0.3, 0.4) is 0 Å². The van der Waals surface area contributed by atoms with Crippen molar-refractivity contribution in [3.63, 3.8) is 0 Å². The second kappa shape index (κ2) is 3.67. The van der Waals surface area contributed by atoms with Crippen LogP contribution >= 0.6 is 0 Å². The molecule has 0 atom stereocenters. The van der Waals surface area contributed by atoms with Crippen molar-refractivity contribution in [3.8, 4) is 5.75 Å². The zero-order valence-corrected chi connectivity index (χ0v) is 7.96. The van der Waals surface area contributed by atoms with Gasteiger partial charge in [0.1, 0.15) is 5.75 Å². The van der Waals surface area contributed by atoms with Gasteiger partial charge in [-0.05, 0) is 23.3 Å². The minimum atomic E-state index is 0.659. The maximum Gasteiger partial charge on any atom is 0.211 e. The average Bonchev–Trinajstić information content (AvgIpc) is 2.64. The predicted molar refractivity (Wildman–Crippen MR) is 53.2 cm³/mol. The number of benzene rings is 1. The lowest BCUT2D eigenvalue weighted by Gasteiger charge is -2.09. The number of hydrogen-bond acceptors (Lipinski definition) is 3. The van der Waals surface area contributed by atoms with Gasteiger partial charge in [0.25, 0.3) is 0 Å². The quantitative estimate of drug-likeness (QED) is 0.698. The number of rotatable bonds is 3. The predicted octanol–water partition coefficient (Wildman–Crippen LogP) is 0.867. The first kappa shape index (κ1) is 9.02. The van der Waals surface area contributed by atoms with Crippen LogP contribution in [0.5, 0.6) is 5.75 Å². The van der Waals surface area contributed by atoms with Crippen LogP contribution in [-0.2, 0) is 17.9 Å². The molecule has 0 aromatic heterocycles. The van der Waals surface area contributed by atoms with E-state index in [0.29, 0.717) is 12.2 Å². The Balaban J connectivity index is 2.43. The fraction of sp³-hybridized carbons (Fsp3) is 0.300. The third-order valence-electron chi connectivity index (χ3n) is 2.37. The summed E-state index contributed by atoms with van der Waals surface area (Å²) >= 11 is 0. The molecular weight excluding hydrogens is 180 g/mol. The minimum Gasteiger partial charge on any atom is -0.495 e. The summed E-state index contributed by atoms with van der Waals surface area (Å²) in [5, 5.41) is 5.86. The Bertz CT molecular complexity index is 363. The molecule has 4 heteroatoms. The average molecular weight is 192 g/mol. The van der Waals surface area contributed by atoms with Gasteiger partial charge in [0.2, 0.25) is 6.41 Å². The van der Waals surface area contributed by atoms with E-state index < -0.39 is 0 Å². The Labute approximate surface area is 82.3 Å². The highest BCUT2D eigenvalue weighted by Gasteiger charge is 2.14. The minimum absolute atomic E-state index is 0.659. The molecule has 0 unspecified atom stereocenters. The van der Waals surface area contributed by atoms with Crippen LogP contribution in [0, 0.1) is 0 Å². The van der Waals surface area contributed by atoms with Crippen LogP contribution in [0.4, 0.5) is 5.69 Å². The summed E-state index contributed by atoms with van der Waals surface area (Å²) in [6, 6.07) is 3.91. The molecule has 4 nitrogen and oxygen atoms in total. The number of fused-ring (bicyclic) bond motifs is 1. The lowest BCUT2D eigenvalue weighted by atomic mass is 10.1. The molecule has 1 aromatic rings. The second-order valence-corrected chi connectivity index (χ2v) is 3.19. The molecule has 0 radical (unpaired) electrons. The van der Waals surface area contributed by atoms with E-state index in [1.54, 1.807) is 7.11 Å². The number of anilines is 1. The van der Waals surface area contributed by atoms with Crippen molar-refractivity contribution in [2.24, 2.45) is 0 Å². The molecule has 1 aliphatic heterocycles. The van der Waals surface area contributed by atoms with Crippen molar-refractivity contribution in [3.05, 3.63) is 23.3 Å².